The van der Waals surface area contributed by atoms with Gasteiger partial charge in [-0.25, -0.2) is 9.59 Å². The number of aromatic carboxylic acids is 2. The highest BCUT2D eigenvalue weighted by atomic mass is 16.5. The highest BCUT2D eigenvalue weighted by molar-refractivity contribution is 5.96. The van der Waals surface area contributed by atoms with Gasteiger partial charge in [0.1, 0.15) is 0 Å². The van der Waals surface area contributed by atoms with Crippen molar-refractivity contribution in [1.82, 2.24) is 0 Å². The molecule has 0 aliphatic carbocycles. The van der Waals surface area contributed by atoms with Crippen LogP contribution in [0.15, 0.2) is 18.2 Å². The van der Waals surface area contributed by atoms with Crippen LogP contribution in [0.4, 0.5) is 0 Å². The third-order valence-corrected chi connectivity index (χ3v) is 6.08. The Labute approximate surface area is 208 Å². The summed E-state index contributed by atoms with van der Waals surface area (Å²) in [4.78, 5) is 21.2. The molecule has 196 valence electrons. The van der Waals surface area contributed by atoms with E-state index >= 15 is 0 Å². The third kappa shape index (κ3) is 17.6. The maximum absolute atomic E-state index is 10.6. The molecule has 5 nitrogen and oxygen atoms in total. The van der Waals surface area contributed by atoms with E-state index in [-0.39, 0.29) is 16.7 Å². The molecular weight excluding hydrogens is 428 g/mol. The molecule has 0 aromatic heterocycles. The van der Waals surface area contributed by atoms with Gasteiger partial charge in [-0.2, -0.15) is 0 Å². The van der Waals surface area contributed by atoms with Crippen LogP contribution in [0, 0.1) is 6.92 Å². The van der Waals surface area contributed by atoms with E-state index in [1.165, 1.54) is 128 Å². The van der Waals surface area contributed by atoms with E-state index in [1.54, 1.807) is 0 Å². The number of benzene rings is 1. The Balaban J connectivity index is 0.000000712. The molecule has 0 radical (unpaired) electrons. The fourth-order valence-corrected chi connectivity index (χ4v) is 3.88. The predicted octanol–water partition coefficient (Wildman–Crippen LogP) is 8.68. The van der Waals surface area contributed by atoms with Crippen molar-refractivity contribution in [2.24, 2.45) is 0 Å². The van der Waals surface area contributed by atoms with Crippen molar-refractivity contribution in [1.29, 1.82) is 0 Å². The number of unbranched alkanes of at least 4 members (excludes halogenated alkanes) is 14. The minimum absolute atomic E-state index is 0.0277. The van der Waals surface area contributed by atoms with Gasteiger partial charge in [-0.3, -0.25) is 0 Å². The van der Waals surface area contributed by atoms with Crippen molar-refractivity contribution in [2.45, 2.75) is 124 Å². The Morgan fingerprint density at radius 2 is 0.941 bits per heavy atom. The molecule has 1 rings (SSSR count). The zero-order valence-corrected chi connectivity index (χ0v) is 22.1. The van der Waals surface area contributed by atoms with Crippen molar-refractivity contribution in [2.75, 3.05) is 13.2 Å². The molecule has 5 heteroatoms. The average molecular weight is 479 g/mol. The van der Waals surface area contributed by atoms with Crippen molar-refractivity contribution in [3.63, 3.8) is 0 Å². The largest absolute Gasteiger partial charge is 0.478 e. The molecule has 1 aromatic carbocycles. The van der Waals surface area contributed by atoms with E-state index in [2.05, 4.69) is 13.8 Å². The Kier molecular flexibility index (Phi) is 21.6. The second-order valence-electron chi connectivity index (χ2n) is 9.15. The molecule has 34 heavy (non-hydrogen) atoms. The number of hydrogen-bond donors (Lipinski definition) is 2. The fraction of sp³-hybridized carbons (Fsp3) is 0.724. The predicted molar refractivity (Wildman–Crippen MR) is 141 cm³/mol. The summed E-state index contributed by atoms with van der Waals surface area (Å²) in [6.07, 6.45) is 22.2. The van der Waals surface area contributed by atoms with E-state index in [0.717, 1.165) is 13.2 Å². The SMILES string of the molecule is CCCCCCCCCCOCCCCCCCCCC.Cc1c(C(=O)O)cccc1C(=O)O. The molecule has 0 fully saturated rings. The van der Waals surface area contributed by atoms with Crippen LogP contribution in [0.25, 0.3) is 0 Å². The fourth-order valence-electron chi connectivity index (χ4n) is 3.88. The number of hydrogen-bond acceptors (Lipinski definition) is 3. The van der Waals surface area contributed by atoms with Crippen LogP contribution < -0.4 is 0 Å². The van der Waals surface area contributed by atoms with Gasteiger partial charge in [0.2, 0.25) is 0 Å². The molecule has 0 aliphatic heterocycles. The Morgan fingerprint density at radius 3 is 1.26 bits per heavy atom. The van der Waals surface area contributed by atoms with Gasteiger partial charge in [-0.05, 0) is 37.5 Å². The van der Waals surface area contributed by atoms with Crippen LogP contribution in [0.2, 0.25) is 0 Å². The third-order valence-electron chi connectivity index (χ3n) is 6.08. The average Bonchev–Trinajstić information content (AvgIpc) is 2.81. The molecular formula is C29H50O5. The van der Waals surface area contributed by atoms with Gasteiger partial charge < -0.3 is 14.9 Å². The minimum Gasteiger partial charge on any atom is -0.478 e. The zero-order chi connectivity index (χ0) is 25.4. The molecule has 0 unspecified atom stereocenters. The lowest BCUT2D eigenvalue weighted by Crippen LogP contribution is -2.06. The summed E-state index contributed by atoms with van der Waals surface area (Å²) in [5.74, 6) is -2.22. The van der Waals surface area contributed by atoms with E-state index in [4.69, 9.17) is 14.9 Å². The standard InChI is InChI=1S/C20H42O.C9H8O4/c1-3-5-7-9-11-13-15-17-19-21-20-18-16-14-12-10-8-6-4-2;1-5-6(8(10)11)3-2-4-7(5)9(12)13/h3-20H2,1-2H3;2-4H,1H3,(H,10,11)(H,12,13). The van der Waals surface area contributed by atoms with Crippen molar-refractivity contribution in [3.05, 3.63) is 34.9 Å². The monoisotopic (exact) mass is 478 g/mol. The lowest BCUT2D eigenvalue weighted by atomic mass is 10.0. The topological polar surface area (TPSA) is 83.8 Å². The van der Waals surface area contributed by atoms with E-state index < -0.39 is 11.9 Å². The van der Waals surface area contributed by atoms with Crippen molar-refractivity contribution in [3.8, 4) is 0 Å². The first-order chi connectivity index (χ1) is 16.5. The Hall–Kier alpha value is -1.88. The lowest BCUT2D eigenvalue weighted by Gasteiger charge is -2.05. The van der Waals surface area contributed by atoms with Crippen molar-refractivity contribution < 1.29 is 24.5 Å². The van der Waals surface area contributed by atoms with E-state index in [9.17, 15) is 9.59 Å². The van der Waals surface area contributed by atoms with Gasteiger partial charge in [0.25, 0.3) is 0 Å². The van der Waals surface area contributed by atoms with Crippen LogP contribution in [-0.4, -0.2) is 35.4 Å². The summed E-state index contributed by atoms with van der Waals surface area (Å²) in [7, 11) is 0. The molecule has 0 spiro atoms. The van der Waals surface area contributed by atoms with Gasteiger partial charge in [0.15, 0.2) is 0 Å². The number of carbonyl (C=O) groups is 2. The van der Waals surface area contributed by atoms with Gasteiger partial charge >= 0.3 is 11.9 Å². The Bertz CT molecular complexity index is 591. The van der Waals surface area contributed by atoms with Gasteiger partial charge in [0.05, 0.1) is 11.1 Å². The quantitative estimate of drug-likeness (QED) is 0.183. The van der Waals surface area contributed by atoms with Gasteiger partial charge in [-0.1, -0.05) is 110 Å². The van der Waals surface area contributed by atoms with Crippen LogP contribution in [0.3, 0.4) is 0 Å². The lowest BCUT2D eigenvalue weighted by molar-refractivity contribution is 0.0696. The molecule has 0 saturated heterocycles. The summed E-state index contributed by atoms with van der Waals surface area (Å²) < 4.78 is 5.72. The second-order valence-corrected chi connectivity index (χ2v) is 9.15. The molecule has 0 amide bonds. The second kappa shape index (κ2) is 22.9. The first kappa shape index (κ1) is 32.1. The van der Waals surface area contributed by atoms with Crippen LogP contribution in [0.1, 0.15) is 143 Å². The minimum atomic E-state index is -1.11. The van der Waals surface area contributed by atoms with Crippen LogP contribution in [0.5, 0.6) is 0 Å². The molecule has 0 saturated carbocycles. The molecule has 0 heterocycles. The number of carboxylic acids is 2. The van der Waals surface area contributed by atoms with Crippen molar-refractivity contribution >= 4 is 11.9 Å². The maximum Gasteiger partial charge on any atom is 0.335 e. The number of ether oxygens (including phenoxy) is 1. The van der Waals surface area contributed by atoms with Crippen LogP contribution in [-0.2, 0) is 4.74 Å². The zero-order valence-electron chi connectivity index (χ0n) is 22.1. The first-order valence-corrected chi connectivity index (χ1v) is 13.6. The first-order valence-electron chi connectivity index (χ1n) is 13.6. The maximum atomic E-state index is 10.6. The van der Waals surface area contributed by atoms with Gasteiger partial charge in [0, 0.05) is 13.2 Å². The number of rotatable bonds is 20. The molecule has 2 N–H and O–H groups in total. The van der Waals surface area contributed by atoms with E-state index in [0.29, 0.717) is 0 Å². The smallest absolute Gasteiger partial charge is 0.335 e. The summed E-state index contributed by atoms with van der Waals surface area (Å²) in [6.45, 7) is 8.03. The summed E-state index contributed by atoms with van der Waals surface area (Å²) in [5, 5.41) is 17.4. The number of carboxylic acid groups (broad SMARTS) is 2. The van der Waals surface area contributed by atoms with Gasteiger partial charge in [-0.15, -0.1) is 0 Å². The Morgan fingerprint density at radius 1 is 0.618 bits per heavy atom. The summed E-state index contributed by atoms with van der Waals surface area (Å²) >= 11 is 0. The molecule has 1 aromatic rings. The normalized spacial score (nSPS) is 10.6. The summed E-state index contributed by atoms with van der Waals surface area (Å²) in [5.41, 5.74) is 0.335. The molecule has 0 bridgehead atoms. The molecule has 0 aliphatic rings. The van der Waals surface area contributed by atoms with Crippen LogP contribution >= 0.6 is 0 Å². The van der Waals surface area contributed by atoms with E-state index in [1.807, 2.05) is 0 Å². The highest BCUT2D eigenvalue weighted by Crippen LogP contribution is 2.13. The molecule has 0 atom stereocenters. The summed E-state index contributed by atoms with van der Waals surface area (Å²) in [6, 6.07) is 4.17. The highest BCUT2D eigenvalue weighted by Gasteiger charge is 2.13.